The van der Waals surface area contributed by atoms with Crippen LogP contribution in [0.3, 0.4) is 0 Å². The molecule has 22 heavy (non-hydrogen) atoms. The third-order valence-corrected chi connectivity index (χ3v) is 4.73. The second kappa shape index (κ2) is 7.25. The summed E-state index contributed by atoms with van der Waals surface area (Å²) < 4.78 is 5.46. The van der Waals surface area contributed by atoms with Crippen LogP contribution in [-0.4, -0.2) is 55.1 Å². The van der Waals surface area contributed by atoms with Gasteiger partial charge in [-0.05, 0) is 24.3 Å². The molecular weight excluding hydrogens is 276 g/mol. The van der Waals surface area contributed by atoms with E-state index in [1.165, 1.54) is 6.42 Å². The standard InChI is InChI=1S/C18H26N2O2/c1-15-6-5-9-20(14-15)18(21)17(16-7-3-2-4-8-16)19-10-12-22-13-11-19/h2-4,7-8,15,17H,5-6,9-14H2,1H3/t15-,17?/m0/s1. The fourth-order valence-corrected chi connectivity index (χ4v) is 3.54. The molecule has 0 saturated carbocycles. The van der Waals surface area contributed by atoms with Gasteiger partial charge in [-0.1, -0.05) is 37.3 Å². The van der Waals surface area contributed by atoms with Gasteiger partial charge in [-0.15, -0.1) is 0 Å². The number of hydrogen-bond donors (Lipinski definition) is 0. The van der Waals surface area contributed by atoms with E-state index in [2.05, 4.69) is 28.9 Å². The molecule has 2 atom stereocenters. The number of amides is 1. The average molecular weight is 302 g/mol. The Morgan fingerprint density at radius 2 is 1.91 bits per heavy atom. The molecule has 4 heteroatoms. The summed E-state index contributed by atoms with van der Waals surface area (Å²) >= 11 is 0. The van der Waals surface area contributed by atoms with E-state index >= 15 is 0 Å². The summed E-state index contributed by atoms with van der Waals surface area (Å²) in [6, 6.07) is 10.0. The third-order valence-electron chi connectivity index (χ3n) is 4.73. The summed E-state index contributed by atoms with van der Waals surface area (Å²) in [5, 5.41) is 0. The lowest BCUT2D eigenvalue weighted by Crippen LogP contribution is -2.49. The first-order valence-corrected chi connectivity index (χ1v) is 8.41. The molecule has 2 fully saturated rings. The molecule has 0 aromatic heterocycles. The van der Waals surface area contributed by atoms with Crippen molar-refractivity contribution in [1.82, 2.24) is 9.80 Å². The number of likely N-dealkylation sites (tertiary alicyclic amines) is 1. The Kier molecular flexibility index (Phi) is 5.11. The number of rotatable bonds is 3. The Bertz CT molecular complexity index is 485. The van der Waals surface area contributed by atoms with Gasteiger partial charge < -0.3 is 9.64 Å². The molecule has 0 aliphatic carbocycles. The van der Waals surface area contributed by atoms with Gasteiger partial charge in [-0.3, -0.25) is 9.69 Å². The second-order valence-corrected chi connectivity index (χ2v) is 6.49. The summed E-state index contributed by atoms with van der Waals surface area (Å²) in [6.07, 6.45) is 2.36. The highest BCUT2D eigenvalue weighted by Gasteiger charge is 2.33. The van der Waals surface area contributed by atoms with Crippen LogP contribution < -0.4 is 0 Å². The van der Waals surface area contributed by atoms with E-state index < -0.39 is 0 Å². The van der Waals surface area contributed by atoms with E-state index in [-0.39, 0.29) is 11.9 Å². The van der Waals surface area contributed by atoms with Crippen LogP contribution in [0.4, 0.5) is 0 Å². The zero-order chi connectivity index (χ0) is 15.4. The molecule has 0 radical (unpaired) electrons. The van der Waals surface area contributed by atoms with Gasteiger partial charge in [0.15, 0.2) is 0 Å². The molecule has 120 valence electrons. The molecule has 1 unspecified atom stereocenters. The second-order valence-electron chi connectivity index (χ2n) is 6.49. The molecule has 0 N–H and O–H groups in total. The maximum Gasteiger partial charge on any atom is 0.244 e. The molecule has 2 aliphatic rings. The lowest BCUT2D eigenvalue weighted by molar-refractivity contribution is -0.140. The SMILES string of the molecule is C[C@H]1CCCN(C(=O)C(c2ccccc2)N2CCOCC2)C1. The van der Waals surface area contributed by atoms with Crippen molar-refractivity contribution >= 4 is 5.91 Å². The molecule has 2 aliphatic heterocycles. The van der Waals surface area contributed by atoms with Crippen LogP contribution >= 0.6 is 0 Å². The van der Waals surface area contributed by atoms with Crippen LogP contribution in [0.15, 0.2) is 30.3 Å². The molecule has 2 heterocycles. The van der Waals surface area contributed by atoms with Crippen LogP contribution in [0.2, 0.25) is 0 Å². The van der Waals surface area contributed by atoms with Crippen molar-refractivity contribution < 1.29 is 9.53 Å². The zero-order valence-electron chi connectivity index (χ0n) is 13.4. The molecule has 1 aromatic carbocycles. The summed E-state index contributed by atoms with van der Waals surface area (Å²) in [5.74, 6) is 0.874. The third kappa shape index (κ3) is 3.50. The van der Waals surface area contributed by atoms with E-state index in [0.29, 0.717) is 19.1 Å². The Labute approximate surface area is 133 Å². The van der Waals surface area contributed by atoms with E-state index in [1.807, 2.05) is 18.2 Å². The number of hydrogen-bond acceptors (Lipinski definition) is 3. The van der Waals surface area contributed by atoms with Crippen molar-refractivity contribution in [2.45, 2.75) is 25.8 Å². The Hall–Kier alpha value is -1.39. The van der Waals surface area contributed by atoms with Crippen LogP contribution in [0.25, 0.3) is 0 Å². The summed E-state index contributed by atoms with van der Waals surface area (Å²) in [7, 11) is 0. The van der Waals surface area contributed by atoms with Crippen molar-refractivity contribution in [1.29, 1.82) is 0 Å². The largest absolute Gasteiger partial charge is 0.379 e. The maximum atomic E-state index is 13.2. The van der Waals surface area contributed by atoms with E-state index in [0.717, 1.165) is 38.2 Å². The molecule has 0 spiro atoms. The lowest BCUT2D eigenvalue weighted by atomic mass is 9.97. The van der Waals surface area contributed by atoms with Gasteiger partial charge in [0.05, 0.1) is 13.2 Å². The minimum atomic E-state index is -0.157. The quantitative estimate of drug-likeness (QED) is 0.859. The van der Waals surface area contributed by atoms with Crippen LogP contribution in [0.5, 0.6) is 0 Å². The minimum Gasteiger partial charge on any atom is -0.379 e. The van der Waals surface area contributed by atoms with Crippen molar-refractivity contribution in [3.63, 3.8) is 0 Å². The van der Waals surface area contributed by atoms with Crippen molar-refractivity contribution in [2.24, 2.45) is 5.92 Å². The fraction of sp³-hybridized carbons (Fsp3) is 0.611. The number of piperidine rings is 1. The van der Waals surface area contributed by atoms with Gasteiger partial charge in [0.25, 0.3) is 0 Å². The van der Waals surface area contributed by atoms with Gasteiger partial charge in [0, 0.05) is 26.2 Å². The lowest BCUT2D eigenvalue weighted by Gasteiger charge is -2.39. The first kappa shape index (κ1) is 15.5. The Morgan fingerprint density at radius 1 is 1.18 bits per heavy atom. The van der Waals surface area contributed by atoms with E-state index in [1.54, 1.807) is 0 Å². The first-order valence-electron chi connectivity index (χ1n) is 8.41. The summed E-state index contributed by atoms with van der Waals surface area (Å²) in [4.78, 5) is 17.5. The topological polar surface area (TPSA) is 32.8 Å². The monoisotopic (exact) mass is 302 g/mol. The van der Waals surface area contributed by atoms with Crippen LogP contribution in [0, 0.1) is 5.92 Å². The summed E-state index contributed by atoms with van der Waals surface area (Å²) in [6.45, 7) is 7.12. The minimum absolute atomic E-state index is 0.157. The van der Waals surface area contributed by atoms with Gasteiger partial charge in [0.2, 0.25) is 5.91 Å². The molecule has 1 amide bonds. The zero-order valence-corrected chi connectivity index (χ0v) is 13.4. The van der Waals surface area contributed by atoms with Gasteiger partial charge >= 0.3 is 0 Å². The average Bonchev–Trinajstić information content (AvgIpc) is 2.57. The highest BCUT2D eigenvalue weighted by Crippen LogP contribution is 2.26. The molecule has 4 nitrogen and oxygen atoms in total. The number of benzene rings is 1. The predicted molar refractivity (Wildman–Crippen MR) is 86.6 cm³/mol. The van der Waals surface area contributed by atoms with E-state index in [4.69, 9.17) is 4.74 Å². The normalized spacial score (nSPS) is 25.0. The molecule has 2 saturated heterocycles. The fourth-order valence-electron chi connectivity index (χ4n) is 3.54. The van der Waals surface area contributed by atoms with Crippen LogP contribution in [0.1, 0.15) is 31.4 Å². The van der Waals surface area contributed by atoms with Gasteiger partial charge in [-0.2, -0.15) is 0 Å². The van der Waals surface area contributed by atoms with Gasteiger partial charge in [0.1, 0.15) is 6.04 Å². The number of carbonyl (C=O) groups excluding carboxylic acids is 1. The van der Waals surface area contributed by atoms with Crippen molar-refractivity contribution in [2.75, 3.05) is 39.4 Å². The number of morpholine rings is 1. The van der Waals surface area contributed by atoms with Crippen molar-refractivity contribution in [3.8, 4) is 0 Å². The van der Waals surface area contributed by atoms with Gasteiger partial charge in [-0.25, -0.2) is 0 Å². The van der Waals surface area contributed by atoms with Crippen LogP contribution in [-0.2, 0) is 9.53 Å². The number of ether oxygens (including phenoxy) is 1. The molecular formula is C18H26N2O2. The smallest absolute Gasteiger partial charge is 0.244 e. The van der Waals surface area contributed by atoms with Crippen molar-refractivity contribution in [3.05, 3.63) is 35.9 Å². The molecule has 3 rings (SSSR count). The Morgan fingerprint density at radius 3 is 2.59 bits per heavy atom. The number of nitrogens with zero attached hydrogens (tertiary/aromatic N) is 2. The van der Waals surface area contributed by atoms with E-state index in [9.17, 15) is 4.79 Å². The molecule has 0 bridgehead atoms. The highest BCUT2D eigenvalue weighted by atomic mass is 16.5. The maximum absolute atomic E-state index is 13.2. The number of carbonyl (C=O) groups is 1. The molecule has 1 aromatic rings. The first-order chi connectivity index (χ1) is 10.8. The predicted octanol–water partition coefficient (Wildman–Crippen LogP) is 2.32. The highest BCUT2D eigenvalue weighted by molar-refractivity contribution is 5.83. The Balaban J connectivity index is 1.82. The summed E-state index contributed by atoms with van der Waals surface area (Å²) in [5.41, 5.74) is 1.10.